The summed E-state index contributed by atoms with van der Waals surface area (Å²) < 4.78 is 10.8. The molecule has 0 aliphatic heterocycles. The van der Waals surface area contributed by atoms with Crippen molar-refractivity contribution in [3.8, 4) is 0 Å². The van der Waals surface area contributed by atoms with E-state index < -0.39 is 10.8 Å². The van der Waals surface area contributed by atoms with Gasteiger partial charge >= 0.3 is 11.9 Å². The summed E-state index contributed by atoms with van der Waals surface area (Å²) in [5, 5.41) is 0. The number of rotatable bonds is 4. The predicted octanol–water partition coefficient (Wildman–Crippen LogP) is 2.70. The molecular weight excluding hydrogens is 256 g/mol. The molecule has 20 heavy (non-hydrogen) atoms. The molecule has 0 saturated heterocycles. The Kier molecular flexibility index (Phi) is 3.30. The Balaban J connectivity index is 2.02. The molecule has 4 heteroatoms. The van der Waals surface area contributed by atoms with Crippen molar-refractivity contribution in [2.24, 2.45) is 22.7 Å². The Morgan fingerprint density at radius 2 is 1.75 bits per heavy atom. The van der Waals surface area contributed by atoms with E-state index in [2.05, 4.69) is 0 Å². The molecule has 4 atom stereocenters. The van der Waals surface area contributed by atoms with Gasteiger partial charge in [0.25, 0.3) is 0 Å². The van der Waals surface area contributed by atoms with Gasteiger partial charge in [-0.1, -0.05) is 6.42 Å². The molecule has 3 aliphatic carbocycles. The molecule has 0 amide bonds. The average molecular weight is 280 g/mol. The van der Waals surface area contributed by atoms with Crippen LogP contribution in [-0.4, -0.2) is 25.2 Å². The van der Waals surface area contributed by atoms with Crippen molar-refractivity contribution in [2.75, 3.05) is 13.2 Å². The summed E-state index contributed by atoms with van der Waals surface area (Å²) in [5.74, 6) is 0.545. The van der Waals surface area contributed by atoms with Gasteiger partial charge < -0.3 is 9.47 Å². The summed E-state index contributed by atoms with van der Waals surface area (Å²) in [5.41, 5.74) is -1.18. The van der Waals surface area contributed by atoms with Crippen molar-refractivity contribution >= 4 is 11.9 Å². The molecule has 3 fully saturated rings. The van der Waals surface area contributed by atoms with Crippen molar-refractivity contribution in [1.29, 1.82) is 0 Å². The molecule has 4 nitrogen and oxygen atoms in total. The minimum atomic E-state index is -0.596. The lowest BCUT2D eigenvalue weighted by Gasteiger charge is -2.43. The third-order valence-electron chi connectivity index (χ3n) is 6.00. The molecule has 3 aliphatic rings. The first kappa shape index (κ1) is 13.9. The molecular formula is C16H24O4. The summed E-state index contributed by atoms with van der Waals surface area (Å²) in [6, 6.07) is 0. The van der Waals surface area contributed by atoms with E-state index >= 15 is 0 Å². The van der Waals surface area contributed by atoms with E-state index in [-0.39, 0.29) is 11.9 Å². The minimum Gasteiger partial charge on any atom is -0.466 e. The lowest BCUT2D eigenvalue weighted by atomic mass is 9.59. The van der Waals surface area contributed by atoms with Crippen LogP contribution in [0.3, 0.4) is 0 Å². The van der Waals surface area contributed by atoms with E-state index in [1.807, 2.05) is 13.8 Å². The first-order chi connectivity index (χ1) is 9.62. The van der Waals surface area contributed by atoms with Crippen LogP contribution in [0.15, 0.2) is 0 Å². The van der Waals surface area contributed by atoms with Gasteiger partial charge in [0.05, 0.1) is 24.0 Å². The fourth-order valence-corrected chi connectivity index (χ4v) is 5.44. The van der Waals surface area contributed by atoms with Crippen LogP contribution in [0.4, 0.5) is 0 Å². The van der Waals surface area contributed by atoms with Gasteiger partial charge in [-0.2, -0.15) is 0 Å². The van der Waals surface area contributed by atoms with Gasteiger partial charge in [-0.3, -0.25) is 9.59 Å². The van der Waals surface area contributed by atoms with E-state index in [1.165, 1.54) is 0 Å². The van der Waals surface area contributed by atoms with Crippen LogP contribution in [0, 0.1) is 22.7 Å². The number of carbonyl (C=O) groups is 2. The molecule has 3 rings (SSSR count). The van der Waals surface area contributed by atoms with E-state index in [1.54, 1.807) is 0 Å². The minimum absolute atomic E-state index is 0.141. The summed E-state index contributed by atoms with van der Waals surface area (Å²) in [6.07, 6.45) is 5.57. The van der Waals surface area contributed by atoms with Crippen LogP contribution in [0.1, 0.15) is 52.4 Å². The Morgan fingerprint density at radius 3 is 2.45 bits per heavy atom. The predicted molar refractivity (Wildman–Crippen MR) is 72.8 cm³/mol. The fraction of sp³-hybridized carbons (Fsp3) is 0.875. The average Bonchev–Trinajstić information content (AvgIpc) is 3.10. The number of hydrogen-bond acceptors (Lipinski definition) is 4. The lowest BCUT2D eigenvalue weighted by Crippen LogP contribution is -2.52. The standard InChI is InChI=1S/C16H24O4/c1-3-19-13(17)15-9-7-11(10-15)12-6-5-8-16(12,15)14(18)20-4-2/h11-12H,3-10H2,1-2H3. The smallest absolute Gasteiger partial charge is 0.313 e. The van der Waals surface area contributed by atoms with E-state index in [4.69, 9.17) is 9.47 Å². The molecule has 0 aromatic carbocycles. The van der Waals surface area contributed by atoms with Gasteiger partial charge in [-0.25, -0.2) is 0 Å². The van der Waals surface area contributed by atoms with Crippen molar-refractivity contribution in [1.82, 2.24) is 0 Å². The van der Waals surface area contributed by atoms with Gasteiger partial charge in [0, 0.05) is 0 Å². The Morgan fingerprint density at radius 1 is 1.05 bits per heavy atom. The van der Waals surface area contributed by atoms with E-state index in [0.717, 1.165) is 38.5 Å². The maximum absolute atomic E-state index is 12.7. The molecule has 0 aromatic heterocycles. The van der Waals surface area contributed by atoms with Crippen LogP contribution in [0.25, 0.3) is 0 Å². The number of hydrogen-bond donors (Lipinski definition) is 0. The fourth-order valence-electron chi connectivity index (χ4n) is 5.44. The highest BCUT2D eigenvalue weighted by Crippen LogP contribution is 2.73. The molecule has 4 unspecified atom stereocenters. The van der Waals surface area contributed by atoms with Crippen molar-refractivity contribution < 1.29 is 19.1 Å². The summed E-state index contributed by atoms with van der Waals surface area (Å²) in [4.78, 5) is 25.4. The highest BCUT2D eigenvalue weighted by molar-refractivity contribution is 5.90. The van der Waals surface area contributed by atoms with Crippen LogP contribution in [-0.2, 0) is 19.1 Å². The third kappa shape index (κ3) is 1.48. The molecule has 0 radical (unpaired) electrons. The number of carbonyl (C=O) groups excluding carboxylic acids is 2. The van der Waals surface area contributed by atoms with E-state index in [9.17, 15) is 9.59 Å². The first-order valence-corrected chi connectivity index (χ1v) is 7.97. The van der Waals surface area contributed by atoms with Crippen LogP contribution >= 0.6 is 0 Å². The second kappa shape index (κ2) is 4.74. The highest BCUT2D eigenvalue weighted by atomic mass is 16.5. The highest BCUT2D eigenvalue weighted by Gasteiger charge is 2.75. The molecule has 0 aromatic rings. The van der Waals surface area contributed by atoms with Gasteiger partial charge in [0.2, 0.25) is 0 Å². The summed E-state index contributed by atoms with van der Waals surface area (Å²) in [7, 11) is 0. The zero-order chi connectivity index (χ0) is 14.4. The van der Waals surface area contributed by atoms with Gasteiger partial charge in [0.15, 0.2) is 0 Å². The lowest BCUT2D eigenvalue weighted by molar-refractivity contribution is -0.182. The number of esters is 2. The molecule has 112 valence electrons. The van der Waals surface area contributed by atoms with Gasteiger partial charge in [0.1, 0.15) is 0 Å². The zero-order valence-electron chi connectivity index (χ0n) is 12.4. The second-order valence-corrected chi connectivity index (χ2v) is 6.50. The van der Waals surface area contributed by atoms with Crippen LogP contribution < -0.4 is 0 Å². The third-order valence-corrected chi connectivity index (χ3v) is 6.00. The summed E-state index contributed by atoms with van der Waals surface area (Å²) >= 11 is 0. The molecule has 0 heterocycles. The maximum atomic E-state index is 12.7. The van der Waals surface area contributed by atoms with Crippen molar-refractivity contribution in [3.05, 3.63) is 0 Å². The second-order valence-electron chi connectivity index (χ2n) is 6.50. The molecule has 3 saturated carbocycles. The monoisotopic (exact) mass is 280 g/mol. The molecule has 0 spiro atoms. The summed E-state index contributed by atoms with van der Waals surface area (Å²) in [6.45, 7) is 4.44. The Labute approximate surface area is 120 Å². The topological polar surface area (TPSA) is 52.6 Å². The number of fused-ring (bicyclic) bond motifs is 5. The van der Waals surface area contributed by atoms with E-state index in [0.29, 0.717) is 25.0 Å². The van der Waals surface area contributed by atoms with Crippen LogP contribution in [0.2, 0.25) is 0 Å². The van der Waals surface area contributed by atoms with Gasteiger partial charge in [-0.05, 0) is 57.8 Å². The first-order valence-electron chi connectivity index (χ1n) is 7.97. The normalized spacial score (nSPS) is 41.5. The van der Waals surface area contributed by atoms with Crippen molar-refractivity contribution in [2.45, 2.75) is 52.4 Å². The van der Waals surface area contributed by atoms with Crippen LogP contribution in [0.5, 0.6) is 0 Å². The maximum Gasteiger partial charge on any atom is 0.313 e. The molecule has 0 N–H and O–H groups in total. The number of ether oxygens (including phenoxy) is 2. The Bertz CT molecular complexity index is 432. The zero-order valence-corrected chi connectivity index (χ0v) is 12.4. The van der Waals surface area contributed by atoms with Crippen molar-refractivity contribution in [3.63, 3.8) is 0 Å². The molecule has 2 bridgehead atoms. The van der Waals surface area contributed by atoms with Gasteiger partial charge in [-0.15, -0.1) is 0 Å². The SMILES string of the molecule is CCOC(=O)C12CCC(C1)C1CCCC12C(=O)OCC. The quantitative estimate of drug-likeness (QED) is 0.743. The largest absolute Gasteiger partial charge is 0.466 e. The Hall–Kier alpha value is -1.06.